The van der Waals surface area contributed by atoms with Crippen molar-refractivity contribution < 1.29 is 69.1 Å². The van der Waals surface area contributed by atoms with E-state index in [-0.39, 0.29) is 69.3 Å². The SMILES string of the molecule is N#Cc1ccc([B-](F)(F)F)cc1OCc1ccccc1.[K+]. The molecule has 0 aliphatic carbocycles. The van der Waals surface area contributed by atoms with Gasteiger partial charge in [-0.15, -0.1) is 5.46 Å². The first-order valence-corrected chi connectivity index (χ1v) is 5.91. The fourth-order valence-corrected chi connectivity index (χ4v) is 1.69. The molecule has 2 rings (SSSR count). The molecule has 0 aliphatic heterocycles. The van der Waals surface area contributed by atoms with Gasteiger partial charge in [-0.05, 0) is 17.7 Å². The summed E-state index contributed by atoms with van der Waals surface area (Å²) in [6.45, 7) is -4.99. The van der Waals surface area contributed by atoms with Gasteiger partial charge in [0.1, 0.15) is 18.4 Å². The van der Waals surface area contributed by atoms with E-state index in [2.05, 4.69) is 0 Å². The Morgan fingerprint density at radius 3 is 2.29 bits per heavy atom. The number of benzene rings is 2. The van der Waals surface area contributed by atoms with Crippen molar-refractivity contribution in [2.24, 2.45) is 0 Å². The zero-order valence-corrected chi connectivity index (χ0v) is 14.5. The molecule has 0 unspecified atom stereocenters. The molecular weight excluding hydrogens is 305 g/mol. The molecule has 0 amide bonds. The molecule has 2 nitrogen and oxygen atoms in total. The van der Waals surface area contributed by atoms with Crippen LogP contribution in [0.5, 0.6) is 5.75 Å². The van der Waals surface area contributed by atoms with Crippen molar-refractivity contribution in [3.63, 3.8) is 0 Å². The minimum atomic E-state index is -5.11. The molecule has 0 N–H and O–H groups in total. The molecule has 2 aromatic rings. The second-order valence-corrected chi connectivity index (χ2v) is 4.22. The first-order chi connectivity index (χ1) is 9.50. The van der Waals surface area contributed by atoms with Crippen molar-refractivity contribution in [1.82, 2.24) is 0 Å². The van der Waals surface area contributed by atoms with Crippen LogP contribution in [0.2, 0.25) is 0 Å². The maximum Gasteiger partial charge on any atom is 1.00 e. The second-order valence-electron chi connectivity index (χ2n) is 4.22. The van der Waals surface area contributed by atoms with Gasteiger partial charge in [-0.1, -0.05) is 36.4 Å². The van der Waals surface area contributed by atoms with Crippen LogP contribution < -0.4 is 61.6 Å². The summed E-state index contributed by atoms with van der Waals surface area (Å²) in [5.41, 5.74) is 0.135. The van der Waals surface area contributed by atoms with Crippen LogP contribution in [0, 0.1) is 11.3 Å². The maximum absolute atomic E-state index is 12.7. The quantitative estimate of drug-likeness (QED) is 0.755. The number of hydrogen-bond acceptors (Lipinski definition) is 2. The molecule has 0 fully saturated rings. The van der Waals surface area contributed by atoms with Crippen molar-refractivity contribution in [1.29, 1.82) is 5.26 Å². The molecule has 0 saturated heterocycles. The Bertz CT molecular complexity index is 641. The zero-order chi connectivity index (χ0) is 14.6. The van der Waals surface area contributed by atoms with E-state index in [0.717, 1.165) is 23.8 Å². The van der Waals surface area contributed by atoms with Crippen LogP contribution >= 0.6 is 0 Å². The van der Waals surface area contributed by atoms with Crippen molar-refractivity contribution in [2.45, 2.75) is 6.61 Å². The summed E-state index contributed by atoms with van der Waals surface area (Å²) in [5, 5.41) is 8.90. The molecular formula is C14H10BF3KNO. The first-order valence-electron chi connectivity index (χ1n) is 5.91. The van der Waals surface area contributed by atoms with Gasteiger partial charge in [0.2, 0.25) is 0 Å². The standard InChI is InChI=1S/C14H10BF3NO.K/c16-15(17,18)13-7-6-12(9-19)14(8-13)20-10-11-4-2-1-3-5-11;/h1-8H,10H2;/q-1;+1. The number of hydrogen-bond donors (Lipinski definition) is 0. The summed E-state index contributed by atoms with van der Waals surface area (Å²) in [5.74, 6) is -0.0481. The summed E-state index contributed by atoms with van der Waals surface area (Å²) in [4.78, 5) is 0. The third kappa shape index (κ3) is 5.17. The van der Waals surface area contributed by atoms with Gasteiger partial charge in [0.05, 0.1) is 5.56 Å². The van der Waals surface area contributed by atoms with E-state index < -0.39 is 12.4 Å². The molecule has 0 heterocycles. The molecule has 0 atom stereocenters. The fourth-order valence-electron chi connectivity index (χ4n) is 1.69. The van der Waals surface area contributed by atoms with E-state index in [1.807, 2.05) is 12.1 Å². The monoisotopic (exact) mass is 315 g/mol. The summed E-state index contributed by atoms with van der Waals surface area (Å²) in [7, 11) is 0. The molecule has 0 radical (unpaired) electrons. The number of rotatable bonds is 4. The van der Waals surface area contributed by atoms with Gasteiger partial charge in [0.25, 0.3) is 0 Å². The van der Waals surface area contributed by atoms with Crippen LogP contribution in [0.1, 0.15) is 11.1 Å². The van der Waals surface area contributed by atoms with Crippen LogP contribution in [0.3, 0.4) is 0 Å². The molecule has 21 heavy (non-hydrogen) atoms. The minimum absolute atomic E-state index is 0. The Balaban J connectivity index is 0.00000220. The maximum atomic E-state index is 12.7. The average Bonchev–Trinajstić information content (AvgIpc) is 2.45. The van der Waals surface area contributed by atoms with E-state index in [0.29, 0.717) is 0 Å². The van der Waals surface area contributed by atoms with Crippen LogP contribution in [0.25, 0.3) is 0 Å². The van der Waals surface area contributed by atoms with Crippen molar-refractivity contribution in [3.05, 3.63) is 59.7 Å². The molecule has 0 spiro atoms. The van der Waals surface area contributed by atoms with Crippen molar-refractivity contribution in [3.8, 4) is 11.8 Å². The summed E-state index contributed by atoms with van der Waals surface area (Å²) in [6, 6.07) is 13.8. The van der Waals surface area contributed by atoms with Crippen LogP contribution in [-0.2, 0) is 6.61 Å². The Kier molecular flexibility index (Phi) is 6.97. The van der Waals surface area contributed by atoms with Crippen LogP contribution in [-0.4, -0.2) is 6.98 Å². The fraction of sp³-hybridized carbons (Fsp3) is 0.0714. The number of nitrogens with zero attached hydrogens (tertiary/aromatic N) is 1. The van der Waals surface area contributed by atoms with E-state index in [4.69, 9.17) is 10.00 Å². The van der Waals surface area contributed by atoms with E-state index in [9.17, 15) is 12.9 Å². The van der Waals surface area contributed by atoms with E-state index >= 15 is 0 Å². The second kappa shape index (κ2) is 8.01. The minimum Gasteiger partial charge on any atom is -0.488 e. The third-order valence-corrected chi connectivity index (χ3v) is 2.74. The van der Waals surface area contributed by atoms with Gasteiger partial charge in [0, 0.05) is 0 Å². The number of halogens is 3. The Morgan fingerprint density at radius 2 is 1.71 bits per heavy atom. The Labute approximate surface area is 163 Å². The number of nitriles is 1. The predicted octanol–water partition coefficient (Wildman–Crippen LogP) is 0.196. The normalized spacial score (nSPS) is 10.4. The van der Waals surface area contributed by atoms with Crippen LogP contribution in [0.15, 0.2) is 48.5 Å². The predicted molar refractivity (Wildman–Crippen MR) is 70.6 cm³/mol. The Morgan fingerprint density at radius 1 is 1.05 bits per heavy atom. The van der Waals surface area contributed by atoms with E-state index in [1.54, 1.807) is 24.3 Å². The van der Waals surface area contributed by atoms with Crippen molar-refractivity contribution >= 4 is 12.4 Å². The van der Waals surface area contributed by atoms with Gasteiger partial charge < -0.3 is 17.7 Å². The van der Waals surface area contributed by atoms with Gasteiger partial charge in [-0.25, -0.2) is 0 Å². The van der Waals surface area contributed by atoms with Crippen LogP contribution in [0.4, 0.5) is 12.9 Å². The smallest absolute Gasteiger partial charge is 0.488 e. The van der Waals surface area contributed by atoms with Gasteiger partial charge in [-0.3, -0.25) is 0 Å². The molecule has 0 saturated carbocycles. The Hall–Kier alpha value is -0.779. The van der Waals surface area contributed by atoms with Crippen molar-refractivity contribution in [2.75, 3.05) is 0 Å². The zero-order valence-electron chi connectivity index (χ0n) is 11.4. The molecule has 0 aromatic heterocycles. The average molecular weight is 315 g/mol. The molecule has 2 aromatic carbocycles. The largest absolute Gasteiger partial charge is 1.00 e. The first kappa shape index (κ1) is 18.3. The summed E-state index contributed by atoms with van der Waals surface area (Å²) in [6.07, 6.45) is 0. The van der Waals surface area contributed by atoms with Gasteiger partial charge >= 0.3 is 58.4 Å². The molecule has 102 valence electrons. The number of ether oxygens (including phenoxy) is 1. The van der Waals surface area contributed by atoms with E-state index in [1.165, 1.54) is 0 Å². The topological polar surface area (TPSA) is 33.0 Å². The van der Waals surface area contributed by atoms with Gasteiger partial charge in [0.15, 0.2) is 0 Å². The summed E-state index contributed by atoms with van der Waals surface area (Å²) >= 11 is 0. The molecule has 0 bridgehead atoms. The molecule has 0 aliphatic rings. The van der Waals surface area contributed by atoms with Gasteiger partial charge in [-0.2, -0.15) is 5.26 Å². The summed E-state index contributed by atoms with van der Waals surface area (Å²) < 4.78 is 43.4. The molecule has 7 heteroatoms. The third-order valence-electron chi connectivity index (χ3n) is 2.74.